The number of fused-ring (bicyclic) bond motifs is 4. The summed E-state index contributed by atoms with van der Waals surface area (Å²) >= 11 is 4.61. The zero-order valence-electron chi connectivity index (χ0n) is 16.2. The summed E-state index contributed by atoms with van der Waals surface area (Å²) in [5.41, 5.74) is 2.84. The Kier molecular flexibility index (Phi) is 4.84. The molecule has 0 saturated carbocycles. The van der Waals surface area contributed by atoms with Crippen molar-refractivity contribution in [2.75, 3.05) is 0 Å². The first kappa shape index (κ1) is 19.0. The second kappa shape index (κ2) is 7.37. The molecule has 0 bridgehead atoms. The molecule has 9 heteroatoms. The second-order valence-corrected chi connectivity index (χ2v) is 10.1. The molecule has 4 aromatic heterocycles. The maximum atomic E-state index is 13.2. The van der Waals surface area contributed by atoms with Gasteiger partial charge in [0.15, 0.2) is 10.1 Å². The Bertz CT molecular complexity index is 1360. The average Bonchev–Trinajstić information content (AvgIpc) is 3.27. The molecule has 29 heavy (non-hydrogen) atoms. The summed E-state index contributed by atoms with van der Waals surface area (Å²) in [7, 11) is 0. The molecule has 0 spiro atoms. The van der Waals surface area contributed by atoms with Gasteiger partial charge in [-0.3, -0.25) is 18.6 Å². The lowest BCUT2D eigenvalue weighted by atomic mass is 9.97. The molecule has 5 rings (SSSR count). The van der Waals surface area contributed by atoms with Crippen LogP contribution in [0.3, 0.4) is 0 Å². The Morgan fingerprint density at radius 3 is 2.86 bits per heavy atom. The van der Waals surface area contributed by atoms with Crippen LogP contribution in [0.4, 0.5) is 0 Å². The number of rotatable bonds is 4. The fraction of sp³-hybridized carbons (Fsp3) is 0.400. The van der Waals surface area contributed by atoms with E-state index in [1.165, 1.54) is 40.0 Å². The van der Waals surface area contributed by atoms with Gasteiger partial charge in [-0.2, -0.15) is 0 Å². The van der Waals surface area contributed by atoms with Crippen LogP contribution in [0.2, 0.25) is 0 Å². The molecule has 0 fully saturated rings. The minimum atomic E-state index is -0.0634. The van der Waals surface area contributed by atoms with Crippen LogP contribution < -0.4 is 11.1 Å². The lowest BCUT2D eigenvalue weighted by Gasteiger charge is -2.12. The molecule has 4 heterocycles. The molecule has 1 aliphatic rings. The Morgan fingerprint density at radius 2 is 2.03 bits per heavy atom. The Balaban J connectivity index is 1.53. The predicted octanol–water partition coefficient (Wildman–Crippen LogP) is 4.03. The van der Waals surface area contributed by atoms with E-state index < -0.39 is 0 Å². The molecule has 1 aliphatic carbocycles. The summed E-state index contributed by atoms with van der Waals surface area (Å²) in [5.74, 6) is 0.506. The van der Waals surface area contributed by atoms with Crippen LogP contribution in [0.15, 0.2) is 26.2 Å². The molecular formula is C20H20N4O2S3. The Morgan fingerprint density at radius 1 is 1.21 bits per heavy atom. The van der Waals surface area contributed by atoms with E-state index in [-0.39, 0.29) is 11.1 Å². The molecule has 150 valence electrons. The van der Waals surface area contributed by atoms with E-state index in [9.17, 15) is 9.59 Å². The van der Waals surface area contributed by atoms with E-state index >= 15 is 0 Å². The number of aryl methyl sites for hydroxylation is 3. The van der Waals surface area contributed by atoms with Gasteiger partial charge in [-0.25, -0.2) is 9.97 Å². The lowest BCUT2D eigenvalue weighted by molar-refractivity contribution is 0.633. The van der Waals surface area contributed by atoms with Crippen LogP contribution in [0, 0.1) is 6.92 Å². The minimum absolute atomic E-state index is 0.0634. The fourth-order valence-electron chi connectivity index (χ4n) is 3.92. The first-order valence-corrected chi connectivity index (χ1v) is 12.4. The number of nitrogens with zero attached hydrogens (tertiary/aromatic N) is 4. The summed E-state index contributed by atoms with van der Waals surface area (Å²) in [4.78, 5) is 38.0. The molecule has 4 aromatic rings. The fourth-order valence-corrected chi connectivity index (χ4v) is 7.07. The number of aromatic nitrogens is 4. The van der Waals surface area contributed by atoms with Gasteiger partial charge in [0.05, 0.1) is 11.1 Å². The summed E-state index contributed by atoms with van der Waals surface area (Å²) in [6, 6.07) is 1.58. The summed E-state index contributed by atoms with van der Waals surface area (Å²) < 4.78 is 3.39. The molecular weight excluding hydrogens is 424 g/mol. The van der Waals surface area contributed by atoms with Crippen LogP contribution in [-0.4, -0.2) is 18.9 Å². The molecule has 0 aliphatic heterocycles. The Hall–Kier alpha value is -1.97. The maximum Gasteiger partial charge on any atom is 0.263 e. The van der Waals surface area contributed by atoms with Crippen LogP contribution in [0.1, 0.15) is 41.6 Å². The predicted molar refractivity (Wildman–Crippen MR) is 120 cm³/mol. The molecule has 0 saturated heterocycles. The third-order valence-electron chi connectivity index (χ3n) is 5.33. The van der Waals surface area contributed by atoms with Gasteiger partial charge in [0.1, 0.15) is 4.83 Å². The van der Waals surface area contributed by atoms with Crippen LogP contribution in [0.25, 0.3) is 15.2 Å². The number of thioether (sulfide) groups is 1. The number of thiazole rings is 1. The van der Waals surface area contributed by atoms with E-state index in [0.717, 1.165) is 35.2 Å². The normalized spacial score (nSPS) is 14.0. The topological polar surface area (TPSA) is 69.3 Å². The summed E-state index contributed by atoms with van der Waals surface area (Å²) in [5, 5.41) is 3.46. The molecule has 0 atom stereocenters. The highest BCUT2D eigenvalue weighted by atomic mass is 32.2. The van der Waals surface area contributed by atoms with Gasteiger partial charge in [-0.15, -0.1) is 22.7 Å². The third kappa shape index (κ3) is 3.15. The minimum Gasteiger partial charge on any atom is -0.287 e. The highest BCUT2D eigenvalue weighted by Gasteiger charge is 2.22. The highest BCUT2D eigenvalue weighted by Crippen LogP contribution is 2.35. The molecule has 0 radical (unpaired) electrons. The van der Waals surface area contributed by atoms with Crippen LogP contribution in [0.5, 0.6) is 0 Å². The number of hydrogen-bond donors (Lipinski definition) is 0. The monoisotopic (exact) mass is 444 g/mol. The van der Waals surface area contributed by atoms with Gasteiger partial charge >= 0.3 is 0 Å². The van der Waals surface area contributed by atoms with Crippen LogP contribution >= 0.6 is 34.4 Å². The van der Waals surface area contributed by atoms with Crippen molar-refractivity contribution in [2.24, 2.45) is 0 Å². The lowest BCUT2D eigenvalue weighted by Crippen LogP contribution is -2.23. The number of thiophene rings is 1. The largest absolute Gasteiger partial charge is 0.287 e. The van der Waals surface area contributed by atoms with E-state index in [4.69, 9.17) is 4.98 Å². The standard InChI is InChI=1S/C20H20N4O2S3/c1-3-23-18(26)16-13-6-4-5-7-14(13)29-17(16)22-19(23)28-10-12-8-15(25)24-11(2)9-27-20(24)21-12/h8-9H,3-7,10H2,1-2H3. The average molecular weight is 445 g/mol. The van der Waals surface area contributed by atoms with Crippen molar-refractivity contribution in [1.82, 2.24) is 18.9 Å². The highest BCUT2D eigenvalue weighted by molar-refractivity contribution is 7.98. The van der Waals surface area contributed by atoms with Crippen molar-refractivity contribution in [3.63, 3.8) is 0 Å². The van der Waals surface area contributed by atoms with E-state index in [2.05, 4.69) is 4.98 Å². The summed E-state index contributed by atoms with van der Waals surface area (Å²) in [6.07, 6.45) is 4.37. The van der Waals surface area contributed by atoms with Crippen molar-refractivity contribution in [2.45, 2.75) is 57.0 Å². The van der Waals surface area contributed by atoms with Gasteiger partial charge in [-0.05, 0) is 45.1 Å². The van der Waals surface area contributed by atoms with Crippen LogP contribution in [-0.2, 0) is 25.1 Å². The van der Waals surface area contributed by atoms with Crippen molar-refractivity contribution in [3.8, 4) is 0 Å². The van der Waals surface area contributed by atoms with Crippen molar-refractivity contribution < 1.29 is 0 Å². The molecule has 0 aromatic carbocycles. The van der Waals surface area contributed by atoms with Gasteiger partial charge in [-0.1, -0.05) is 11.8 Å². The SMILES string of the molecule is CCn1c(SCc2cc(=O)n3c(C)csc3n2)nc2sc3c(c2c1=O)CCCC3. The van der Waals surface area contributed by atoms with Gasteiger partial charge in [0.25, 0.3) is 11.1 Å². The summed E-state index contributed by atoms with van der Waals surface area (Å²) in [6.45, 7) is 4.46. The zero-order chi connectivity index (χ0) is 20.1. The quantitative estimate of drug-likeness (QED) is 0.351. The molecule has 6 nitrogen and oxygen atoms in total. The van der Waals surface area contributed by atoms with Gasteiger partial charge in [0.2, 0.25) is 0 Å². The van der Waals surface area contributed by atoms with E-state index in [1.807, 2.05) is 19.2 Å². The van der Waals surface area contributed by atoms with E-state index in [1.54, 1.807) is 26.4 Å². The molecule has 0 unspecified atom stereocenters. The smallest absolute Gasteiger partial charge is 0.263 e. The second-order valence-electron chi connectivity index (χ2n) is 7.20. The van der Waals surface area contributed by atoms with Crippen molar-refractivity contribution >= 4 is 49.6 Å². The molecule has 0 N–H and O–H groups in total. The van der Waals surface area contributed by atoms with E-state index in [0.29, 0.717) is 28.1 Å². The first-order valence-electron chi connectivity index (χ1n) is 9.71. The van der Waals surface area contributed by atoms with Gasteiger partial charge < -0.3 is 0 Å². The third-order valence-corrected chi connectivity index (χ3v) is 8.47. The number of hydrogen-bond acceptors (Lipinski definition) is 7. The Labute approximate surface area is 179 Å². The van der Waals surface area contributed by atoms with Crippen molar-refractivity contribution in [1.29, 1.82) is 0 Å². The maximum absolute atomic E-state index is 13.2. The first-order chi connectivity index (χ1) is 14.1. The van der Waals surface area contributed by atoms with Crippen molar-refractivity contribution in [3.05, 3.63) is 54.0 Å². The van der Waals surface area contributed by atoms with Gasteiger partial charge in [0, 0.05) is 34.3 Å². The molecule has 0 amide bonds. The zero-order valence-corrected chi connectivity index (χ0v) is 18.7.